The Kier molecular flexibility index (Phi) is 3.93. The molecule has 1 aromatic heterocycles. The number of pyridine rings is 1. The van der Waals surface area contributed by atoms with Crippen molar-refractivity contribution in [1.29, 1.82) is 0 Å². The van der Waals surface area contributed by atoms with Crippen LogP contribution < -0.4 is 5.32 Å². The first-order valence-corrected chi connectivity index (χ1v) is 6.58. The van der Waals surface area contributed by atoms with E-state index >= 15 is 0 Å². The molecule has 1 atom stereocenters. The fourth-order valence-electron chi connectivity index (χ4n) is 2.05. The zero-order valence-corrected chi connectivity index (χ0v) is 11.7. The fraction of sp³-hybridized carbons (Fsp3) is 0.571. The van der Waals surface area contributed by atoms with Gasteiger partial charge in [0.2, 0.25) is 0 Å². The van der Waals surface area contributed by atoms with Crippen LogP contribution in [-0.2, 0) is 4.74 Å². The highest BCUT2D eigenvalue weighted by Gasteiger charge is 2.29. The third-order valence-corrected chi connectivity index (χ3v) is 2.89. The highest BCUT2D eigenvalue weighted by Crippen LogP contribution is 2.18. The van der Waals surface area contributed by atoms with Crippen molar-refractivity contribution in [3.05, 3.63) is 24.5 Å². The molecule has 1 aromatic rings. The molecule has 5 nitrogen and oxygen atoms in total. The minimum absolute atomic E-state index is 0.230. The van der Waals surface area contributed by atoms with Crippen LogP contribution >= 0.6 is 0 Å². The molecule has 2 rings (SSSR count). The largest absolute Gasteiger partial charge is 0.444 e. The van der Waals surface area contributed by atoms with Crippen molar-refractivity contribution in [1.82, 2.24) is 9.88 Å². The van der Waals surface area contributed by atoms with Gasteiger partial charge in [-0.3, -0.25) is 4.98 Å². The van der Waals surface area contributed by atoms with Gasteiger partial charge in [-0.25, -0.2) is 4.79 Å². The van der Waals surface area contributed by atoms with Gasteiger partial charge in [-0.15, -0.1) is 0 Å². The maximum Gasteiger partial charge on any atom is 0.410 e. The van der Waals surface area contributed by atoms with Crippen LogP contribution in [0, 0.1) is 0 Å². The van der Waals surface area contributed by atoms with Crippen LogP contribution in [0.5, 0.6) is 0 Å². The second kappa shape index (κ2) is 5.47. The smallest absolute Gasteiger partial charge is 0.410 e. The fourth-order valence-corrected chi connectivity index (χ4v) is 2.05. The third-order valence-electron chi connectivity index (χ3n) is 2.89. The molecule has 0 spiro atoms. The Morgan fingerprint density at radius 1 is 1.42 bits per heavy atom. The lowest BCUT2D eigenvalue weighted by Gasteiger charge is -2.24. The molecule has 1 unspecified atom stereocenters. The van der Waals surface area contributed by atoms with E-state index < -0.39 is 5.60 Å². The molecule has 19 heavy (non-hydrogen) atoms. The molecule has 0 radical (unpaired) electrons. The van der Waals surface area contributed by atoms with E-state index in [9.17, 15) is 4.79 Å². The van der Waals surface area contributed by atoms with Crippen LogP contribution in [0.15, 0.2) is 24.5 Å². The molecule has 0 aromatic carbocycles. The zero-order chi connectivity index (χ0) is 13.9. The number of rotatable bonds is 2. The van der Waals surface area contributed by atoms with E-state index in [1.54, 1.807) is 17.3 Å². The summed E-state index contributed by atoms with van der Waals surface area (Å²) in [7, 11) is 0. The summed E-state index contributed by atoms with van der Waals surface area (Å²) in [6.07, 6.45) is 4.21. The van der Waals surface area contributed by atoms with Crippen molar-refractivity contribution < 1.29 is 9.53 Å². The summed E-state index contributed by atoms with van der Waals surface area (Å²) >= 11 is 0. The van der Waals surface area contributed by atoms with E-state index in [0.29, 0.717) is 6.54 Å². The number of anilines is 1. The Balaban J connectivity index is 1.85. The van der Waals surface area contributed by atoms with Crippen LogP contribution in [0.4, 0.5) is 10.5 Å². The Morgan fingerprint density at radius 3 is 2.74 bits per heavy atom. The third kappa shape index (κ3) is 4.12. The second-order valence-corrected chi connectivity index (χ2v) is 5.79. The van der Waals surface area contributed by atoms with E-state index in [2.05, 4.69) is 10.3 Å². The van der Waals surface area contributed by atoms with Gasteiger partial charge >= 0.3 is 6.09 Å². The maximum atomic E-state index is 11.9. The minimum atomic E-state index is -0.437. The van der Waals surface area contributed by atoms with Gasteiger partial charge < -0.3 is 15.0 Å². The monoisotopic (exact) mass is 263 g/mol. The first kappa shape index (κ1) is 13.6. The van der Waals surface area contributed by atoms with Gasteiger partial charge in [0, 0.05) is 37.2 Å². The summed E-state index contributed by atoms with van der Waals surface area (Å²) in [5.41, 5.74) is 0.597. The van der Waals surface area contributed by atoms with Crippen molar-refractivity contribution in [3.63, 3.8) is 0 Å². The van der Waals surface area contributed by atoms with E-state index in [1.807, 2.05) is 32.9 Å². The molecule has 5 heteroatoms. The summed E-state index contributed by atoms with van der Waals surface area (Å²) in [6, 6.07) is 4.13. The van der Waals surface area contributed by atoms with E-state index in [4.69, 9.17) is 4.74 Å². The lowest BCUT2D eigenvalue weighted by molar-refractivity contribution is 0.0293. The Morgan fingerprint density at radius 2 is 2.11 bits per heavy atom. The Bertz CT molecular complexity index is 428. The number of amides is 1. The van der Waals surface area contributed by atoms with Crippen molar-refractivity contribution in [3.8, 4) is 0 Å². The number of aromatic nitrogens is 1. The quantitative estimate of drug-likeness (QED) is 0.890. The van der Waals surface area contributed by atoms with Crippen molar-refractivity contribution >= 4 is 11.8 Å². The zero-order valence-electron chi connectivity index (χ0n) is 11.7. The summed E-state index contributed by atoms with van der Waals surface area (Å²) in [6.45, 7) is 7.06. The normalized spacial score (nSPS) is 19.3. The topological polar surface area (TPSA) is 54.5 Å². The minimum Gasteiger partial charge on any atom is -0.444 e. The first-order chi connectivity index (χ1) is 8.94. The Labute approximate surface area is 114 Å². The van der Waals surface area contributed by atoms with Crippen LogP contribution in [0.25, 0.3) is 0 Å². The van der Waals surface area contributed by atoms with Gasteiger partial charge in [-0.2, -0.15) is 0 Å². The number of hydrogen-bond donors (Lipinski definition) is 1. The van der Waals surface area contributed by atoms with Crippen LogP contribution in [0.2, 0.25) is 0 Å². The number of nitrogens with one attached hydrogen (secondary N) is 1. The molecular weight excluding hydrogens is 242 g/mol. The molecule has 1 amide bonds. The predicted octanol–water partition coefficient (Wildman–Crippen LogP) is 2.50. The van der Waals surface area contributed by atoms with Crippen molar-refractivity contribution in [2.75, 3.05) is 18.4 Å². The molecule has 1 aliphatic heterocycles. The molecule has 0 bridgehead atoms. The molecule has 1 N–H and O–H groups in total. The second-order valence-electron chi connectivity index (χ2n) is 5.79. The van der Waals surface area contributed by atoms with Crippen LogP contribution in [0.1, 0.15) is 27.2 Å². The van der Waals surface area contributed by atoms with Gasteiger partial charge in [0.15, 0.2) is 0 Å². The molecule has 0 aliphatic carbocycles. The van der Waals surface area contributed by atoms with Crippen molar-refractivity contribution in [2.45, 2.75) is 38.8 Å². The van der Waals surface area contributed by atoms with Gasteiger partial charge in [0.1, 0.15) is 5.60 Å². The van der Waals surface area contributed by atoms with Gasteiger partial charge in [-0.1, -0.05) is 0 Å². The molecular formula is C14H21N3O2. The van der Waals surface area contributed by atoms with Crippen LogP contribution in [0.3, 0.4) is 0 Å². The van der Waals surface area contributed by atoms with E-state index in [0.717, 1.165) is 18.7 Å². The van der Waals surface area contributed by atoms with Crippen LogP contribution in [-0.4, -0.2) is 40.7 Å². The molecule has 0 saturated carbocycles. The highest BCUT2D eigenvalue weighted by molar-refractivity contribution is 5.68. The highest BCUT2D eigenvalue weighted by atomic mass is 16.6. The molecule has 1 fully saturated rings. The number of carbonyl (C=O) groups is 1. The number of carbonyl (C=O) groups excluding carboxylic acids is 1. The van der Waals surface area contributed by atoms with Gasteiger partial charge in [-0.05, 0) is 39.3 Å². The molecule has 2 heterocycles. The summed E-state index contributed by atoms with van der Waals surface area (Å²) in [5, 5.41) is 3.40. The SMILES string of the molecule is CC(C)(C)OC(=O)N1CCC(Nc2ccncc2)C1. The standard InChI is InChI=1S/C14H21N3O2/c1-14(2,3)19-13(18)17-9-6-12(10-17)16-11-4-7-15-8-5-11/h4-5,7-8,12H,6,9-10H2,1-3H3,(H,15,16). The Hall–Kier alpha value is -1.78. The maximum absolute atomic E-state index is 11.9. The molecule has 1 aliphatic rings. The van der Waals surface area contributed by atoms with E-state index in [-0.39, 0.29) is 12.1 Å². The first-order valence-electron chi connectivity index (χ1n) is 6.58. The van der Waals surface area contributed by atoms with Gasteiger partial charge in [0.25, 0.3) is 0 Å². The average Bonchev–Trinajstić information content (AvgIpc) is 2.77. The number of hydrogen-bond acceptors (Lipinski definition) is 4. The lowest BCUT2D eigenvalue weighted by atomic mass is 10.2. The predicted molar refractivity (Wildman–Crippen MR) is 74.1 cm³/mol. The molecule has 1 saturated heterocycles. The molecule has 104 valence electrons. The number of ether oxygens (including phenoxy) is 1. The lowest BCUT2D eigenvalue weighted by Crippen LogP contribution is -2.36. The van der Waals surface area contributed by atoms with Gasteiger partial charge in [0.05, 0.1) is 0 Å². The average molecular weight is 263 g/mol. The number of likely N-dealkylation sites (tertiary alicyclic amines) is 1. The van der Waals surface area contributed by atoms with Crippen molar-refractivity contribution in [2.24, 2.45) is 0 Å². The summed E-state index contributed by atoms with van der Waals surface area (Å²) < 4.78 is 5.37. The summed E-state index contributed by atoms with van der Waals surface area (Å²) in [4.78, 5) is 17.7. The van der Waals surface area contributed by atoms with E-state index in [1.165, 1.54) is 0 Å². The summed E-state index contributed by atoms with van der Waals surface area (Å²) in [5.74, 6) is 0. The number of nitrogens with zero attached hydrogens (tertiary/aromatic N) is 2.